The molecule has 2 aromatic rings. The van der Waals surface area contributed by atoms with E-state index in [1.165, 1.54) is 34.4 Å². The number of aromatic nitrogens is 1. The first kappa shape index (κ1) is 29.2. The van der Waals surface area contributed by atoms with Gasteiger partial charge in [0.25, 0.3) is 11.8 Å². The van der Waals surface area contributed by atoms with Crippen molar-refractivity contribution in [3.8, 4) is 0 Å². The minimum Gasteiger partial charge on any atom is -0.343 e. The number of hydrogen-bond donors (Lipinski definition) is 2. The van der Waals surface area contributed by atoms with Crippen LogP contribution in [0.5, 0.6) is 0 Å². The molecule has 4 amide bonds. The Hall–Kier alpha value is -4.28. The van der Waals surface area contributed by atoms with Gasteiger partial charge in [0.05, 0.1) is 12.1 Å². The van der Waals surface area contributed by atoms with Crippen LogP contribution in [0.1, 0.15) is 70.5 Å². The first-order valence-electron chi connectivity index (χ1n) is 14.8. The lowest BCUT2D eigenvalue weighted by atomic mass is 10.1. The van der Waals surface area contributed by atoms with Crippen molar-refractivity contribution in [2.45, 2.75) is 57.4 Å². The molecule has 1 aromatic carbocycles. The molecule has 0 saturated carbocycles. The van der Waals surface area contributed by atoms with Crippen molar-refractivity contribution in [1.82, 2.24) is 25.0 Å². The maximum absolute atomic E-state index is 13.6. The van der Waals surface area contributed by atoms with E-state index in [0.29, 0.717) is 13.0 Å². The summed E-state index contributed by atoms with van der Waals surface area (Å²) in [5, 5.41) is 6.06. The summed E-state index contributed by atoms with van der Waals surface area (Å²) < 4.78 is 0. The predicted octanol–water partition coefficient (Wildman–Crippen LogP) is 2.47. The Morgan fingerprint density at radius 1 is 0.976 bits per heavy atom. The zero-order valence-electron chi connectivity index (χ0n) is 24.4. The highest BCUT2D eigenvalue weighted by molar-refractivity contribution is 6.10. The lowest BCUT2D eigenvalue weighted by Crippen LogP contribution is -2.45. The molecule has 1 aromatic heterocycles. The number of carbonyl (C=O) groups excluding carboxylic acids is 4. The number of nitrogens with one attached hydrogen (secondary N) is 2. The first-order valence-corrected chi connectivity index (χ1v) is 14.8. The van der Waals surface area contributed by atoms with Crippen LogP contribution in [0.2, 0.25) is 0 Å². The smallest absolute Gasteiger partial charge is 0.271 e. The van der Waals surface area contributed by atoms with Crippen molar-refractivity contribution in [1.29, 1.82) is 0 Å². The minimum absolute atomic E-state index is 0.0287. The van der Waals surface area contributed by atoms with E-state index in [2.05, 4.69) is 27.8 Å². The molecule has 0 unspecified atom stereocenters. The molecular weight excluding hydrogens is 534 g/mol. The second-order valence-corrected chi connectivity index (χ2v) is 11.4. The summed E-state index contributed by atoms with van der Waals surface area (Å²) in [6, 6.07) is 8.39. The summed E-state index contributed by atoms with van der Waals surface area (Å²) in [6.07, 6.45) is 8.57. The Morgan fingerprint density at radius 3 is 2.48 bits per heavy atom. The van der Waals surface area contributed by atoms with Gasteiger partial charge in [-0.25, -0.2) is 4.99 Å². The number of rotatable bonds is 6. The number of benzene rings is 1. The Morgan fingerprint density at radius 2 is 1.74 bits per heavy atom. The largest absolute Gasteiger partial charge is 0.343 e. The summed E-state index contributed by atoms with van der Waals surface area (Å²) in [4.78, 5) is 65.7. The van der Waals surface area contributed by atoms with E-state index >= 15 is 0 Å². The molecule has 1 aliphatic carbocycles. The zero-order valence-corrected chi connectivity index (χ0v) is 24.4. The molecule has 11 heteroatoms. The van der Waals surface area contributed by atoms with Crippen LogP contribution in [-0.4, -0.2) is 95.6 Å². The second kappa shape index (κ2) is 13.1. The average molecular weight is 574 g/mol. The van der Waals surface area contributed by atoms with Crippen LogP contribution >= 0.6 is 0 Å². The van der Waals surface area contributed by atoms with Crippen LogP contribution in [0.25, 0.3) is 0 Å². The van der Waals surface area contributed by atoms with Crippen LogP contribution in [0, 0.1) is 0 Å². The van der Waals surface area contributed by atoms with Gasteiger partial charge in [-0.1, -0.05) is 6.07 Å². The van der Waals surface area contributed by atoms with E-state index in [9.17, 15) is 19.2 Å². The monoisotopic (exact) mass is 573 g/mol. The van der Waals surface area contributed by atoms with Gasteiger partial charge in [-0.2, -0.15) is 0 Å². The Kier molecular flexibility index (Phi) is 9.14. The number of hydrogen-bond acceptors (Lipinski definition) is 6. The Bertz CT molecular complexity index is 1370. The van der Waals surface area contributed by atoms with Gasteiger partial charge in [0.2, 0.25) is 17.8 Å². The highest BCUT2D eigenvalue weighted by Gasteiger charge is 2.30. The fourth-order valence-corrected chi connectivity index (χ4v) is 5.69. The summed E-state index contributed by atoms with van der Waals surface area (Å²) in [5.74, 6) is -0.824. The third-order valence-corrected chi connectivity index (χ3v) is 8.07. The molecule has 2 fully saturated rings. The third-order valence-electron chi connectivity index (χ3n) is 8.07. The van der Waals surface area contributed by atoms with Gasteiger partial charge >= 0.3 is 0 Å². The molecule has 11 nitrogen and oxygen atoms in total. The molecule has 2 N–H and O–H groups in total. The SMILES string of the molecule is CN(C)C(=O)c1ccc(C(=O)NC(=N[C@H]2CCCCN(CC(=O)N3CCCC3)C2=O)Nc2ccc3c(c2)CCC3)cn1. The van der Waals surface area contributed by atoms with Gasteiger partial charge in [-0.3, -0.25) is 29.5 Å². The van der Waals surface area contributed by atoms with E-state index in [4.69, 9.17) is 4.99 Å². The number of likely N-dealkylation sites (tertiary alicyclic amines) is 2. The highest BCUT2D eigenvalue weighted by atomic mass is 16.2. The van der Waals surface area contributed by atoms with Gasteiger partial charge in [-0.15, -0.1) is 0 Å². The molecule has 222 valence electrons. The number of fused-ring (bicyclic) bond motifs is 1. The number of pyridine rings is 1. The summed E-state index contributed by atoms with van der Waals surface area (Å²) in [5.41, 5.74) is 3.82. The molecular formula is C31H39N7O4. The molecule has 0 spiro atoms. The van der Waals surface area contributed by atoms with Crippen molar-refractivity contribution >= 4 is 35.3 Å². The molecule has 0 bridgehead atoms. The Balaban J connectivity index is 1.37. The van der Waals surface area contributed by atoms with Gasteiger partial charge in [0.15, 0.2) is 0 Å². The zero-order chi connectivity index (χ0) is 29.6. The molecule has 3 heterocycles. The van der Waals surface area contributed by atoms with Crippen LogP contribution in [0.4, 0.5) is 5.69 Å². The molecule has 1 atom stereocenters. The lowest BCUT2D eigenvalue weighted by Gasteiger charge is -2.25. The summed E-state index contributed by atoms with van der Waals surface area (Å²) in [7, 11) is 3.27. The highest BCUT2D eigenvalue weighted by Crippen LogP contribution is 2.25. The number of anilines is 1. The van der Waals surface area contributed by atoms with Crippen LogP contribution in [0.3, 0.4) is 0 Å². The number of aliphatic imine (C=N–C) groups is 1. The van der Waals surface area contributed by atoms with Gasteiger partial charge in [0, 0.05) is 45.6 Å². The fraction of sp³-hybridized carbons (Fsp3) is 0.484. The van der Waals surface area contributed by atoms with Crippen LogP contribution in [0.15, 0.2) is 41.5 Å². The van der Waals surface area contributed by atoms with Crippen molar-refractivity contribution in [2.24, 2.45) is 4.99 Å². The maximum atomic E-state index is 13.6. The fourth-order valence-electron chi connectivity index (χ4n) is 5.69. The minimum atomic E-state index is -0.741. The van der Waals surface area contributed by atoms with Crippen LogP contribution < -0.4 is 10.6 Å². The average Bonchev–Trinajstić information content (AvgIpc) is 3.67. The normalized spacial score (nSPS) is 18.9. The number of amides is 4. The summed E-state index contributed by atoms with van der Waals surface area (Å²) in [6.45, 7) is 2.04. The number of nitrogens with zero attached hydrogens (tertiary/aromatic N) is 5. The second-order valence-electron chi connectivity index (χ2n) is 11.4. The first-order chi connectivity index (χ1) is 20.3. The van der Waals surface area contributed by atoms with Gasteiger partial charge < -0.3 is 20.0 Å². The van der Waals surface area contributed by atoms with E-state index in [-0.39, 0.29) is 41.5 Å². The van der Waals surface area contributed by atoms with E-state index in [1.54, 1.807) is 19.0 Å². The van der Waals surface area contributed by atoms with Crippen molar-refractivity contribution in [2.75, 3.05) is 45.6 Å². The van der Waals surface area contributed by atoms with Crippen LogP contribution in [-0.2, 0) is 22.4 Å². The summed E-state index contributed by atoms with van der Waals surface area (Å²) >= 11 is 0. The number of guanidine groups is 1. The van der Waals surface area contributed by atoms with E-state index < -0.39 is 11.9 Å². The standard InChI is InChI=1S/C31H39N7O4/c1-36(2)29(41)25-14-12-23(19-32-25)28(40)35-31(33-24-13-11-21-8-7-9-22(21)18-24)34-26-10-3-4-17-38(30(26)42)20-27(39)37-15-5-6-16-37/h11-14,18-19,26H,3-10,15-17,20H2,1-2H3,(H2,33,34,35,40)/t26-/m0/s1. The number of aryl methyl sites for hydroxylation is 2. The Labute approximate surface area is 246 Å². The maximum Gasteiger partial charge on any atom is 0.271 e. The molecule has 2 saturated heterocycles. The topological polar surface area (TPSA) is 127 Å². The van der Waals surface area contributed by atoms with E-state index in [1.807, 2.05) is 11.0 Å². The van der Waals surface area contributed by atoms with Crippen molar-refractivity contribution < 1.29 is 19.2 Å². The predicted molar refractivity (Wildman–Crippen MR) is 159 cm³/mol. The molecule has 42 heavy (non-hydrogen) atoms. The van der Waals surface area contributed by atoms with E-state index in [0.717, 1.165) is 63.7 Å². The quantitative estimate of drug-likeness (QED) is 0.404. The molecule has 2 aliphatic heterocycles. The number of carbonyl (C=O) groups is 4. The lowest BCUT2D eigenvalue weighted by molar-refractivity contribution is -0.140. The van der Waals surface area contributed by atoms with Crippen molar-refractivity contribution in [3.05, 3.63) is 58.9 Å². The van der Waals surface area contributed by atoms with Gasteiger partial charge in [0.1, 0.15) is 11.7 Å². The third kappa shape index (κ3) is 6.95. The van der Waals surface area contributed by atoms with Gasteiger partial charge in [-0.05, 0) is 86.8 Å². The van der Waals surface area contributed by atoms with Crippen molar-refractivity contribution in [3.63, 3.8) is 0 Å². The molecule has 5 rings (SSSR count). The molecule has 3 aliphatic rings. The molecule has 0 radical (unpaired) electrons.